The molecule has 0 aliphatic rings. The maximum Gasteiger partial charge on any atom is 0.0437 e. The lowest BCUT2D eigenvalue weighted by atomic mass is 10.0. The normalized spacial score (nSPS) is 10.8. The first kappa shape index (κ1) is 13.7. The van der Waals surface area contributed by atoms with Crippen molar-refractivity contribution in [3.05, 3.63) is 59.2 Å². The van der Waals surface area contributed by atoms with Gasteiger partial charge in [0.05, 0.1) is 0 Å². The van der Waals surface area contributed by atoms with Crippen LogP contribution in [0.3, 0.4) is 0 Å². The average molecular weight is 253 g/mol. The van der Waals surface area contributed by atoms with E-state index in [2.05, 4.69) is 82.1 Å². The molecule has 2 aromatic carbocycles. The molecule has 0 bridgehead atoms. The first-order chi connectivity index (χ1) is 8.99. The number of hydrogen-bond donors (Lipinski definition) is 0. The van der Waals surface area contributed by atoms with E-state index >= 15 is 0 Å². The van der Waals surface area contributed by atoms with Crippen molar-refractivity contribution in [1.82, 2.24) is 0 Å². The van der Waals surface area contributed by atoms with Crippen LogP contribution in [0.25, 0.3) is 0 Å². The van der Waals surface area contributed by atoms with Gasteiger partial charge >= 0.3 is 0 Å². The molecule has 2 aromatic rings. The number of anilines is 2. The molecular formula is C18H23N. The highest BCUT2D eigenvalue weighted by Gasteiger charge is 2.07. The number of benzene rings is 2. The highest BCUT2D eigenvalue weighted by molar-refractivity contribution is 5.66. The zero-order valence-corrected chi connectivity index (χ0v) is 12.6. The Hall–Kier alpha value is -1.76. The van der Waals surface area contributed by atoms with Crippen LogP contribution in [0.2, 0.25) is 0 Å². The predicted octanol–water partition coefficient (Wildman–Crippen LogP) is 5.19. The molecule has 1 heteroatoms. The van der Waals surface area contributed by atoms with Crippen LogP contribution >= 0.6 is 0 Å². The first-order valence-corrected chi connectivity index (χ1v) is 6.90. The standard InChI is InChI=1S/C18H23N/c1-13(2)16-7-9-17(10-8-16)19(5)18-11-6-14(3)12-15(18)4/h6-13H,1-5H3. The van der Waals surface area contributed by atoms with E-state index in [1.807, 2.05) is 0 Å². The van der Waals surface area contributed by atoms with Gasteiger partial charge in [-0.2, -0.15) is 0 Å². The lowest BCUT2D eigenvalue weighted by molar-refractivity contribution is 0.866. The van der Waals surface area contributed by atoms with Crippen LogP contribution in [0.4, 0.5) is 11.4 Å². The third-order valence-corrected chi connectivity index (χ3v) is 3.66. The minimum Gasteiger partial charge on any atom is -0.344 e. The van der Waals surface area contributed by atoms with E-state index in [1.165, 1.54) is 28.1 Å². The molecule has 0 unspecified atom stereocenters. The predicted molar refractivity (Wildman–Crippen MR) is 84.5 cm³/mol. The van der Waals surface area contributed by atoms with Crippen molar-refractivity contribution >= 4 is 11.4 Å². The van der Waals surface area contributed by atoms with Gasteiger partial charge in [-0.1, -0.05) is 43.7 Å². The van der Waals surface area contributed by atoms with E-state index < -0.39 is 0 Å². The number of nitrogens with zero attached hydrogens (tertiary/aromatic N) is 1. The van der Waals surface area contributed by atoms with E-state index in [0.717, 1.165) is 0 Å². The topological polar surface area (TPSA) is 3.24 Å². The molecule has 100 valence electrons. The van der Waals surface area contributed by atoms with E-state index in [4.69, 9.17) is 0 Å². The van der Waals surface area contributed by atoms with Crippen molar-refractivity contribution in [1.29, 1.82) is 0 Å². The maximum absolute atomic E-state index is 2.25. The maximum atomic E-state index is 2.25. The molecule has 0 spiro atoms. The fourth-order valence-electron chi connectivity index (χ4n) is 2.40. The lowest BCUT2D eigenvalue weighted by Crippen LogP contribution is -2.11. The fourth-order valence-corrected chi connectivity index (χ4v) is 2.40. The third-order valence-electron chi connectivity index (χ3n) is 3.66. The first-order valence-electron chi connectivity index (χ1n) is 6.90. The summed E-state index contributed by atoms with van der Waals surface area (Å²) in [5.74, 6) is 0.584. The zero-order valence-electron chi connectivity index (χ0n) is 12.6. The second-order valence-electron chi connectivity index (χ2n) is 5.60. The molecule has 0 N–H and O–H groups in total. The van der Waals surface area contributed by atoms with E-state index in [-0.39, 0.29) is 0 Å². The van der Waals surface area contributed by atoms with Crippen molar-refractivity contribution in [3.63, 3.8) is 0 Å². The van der Waals surface area contributed by atoms with Gasteiger partial charge in [-0.15, -0.1) is 0 Å². The van der Waals surface area contributed by atoms with Gasteiger partial charge in [0.2, 0.25) is 0 Å². The Kier molecular flexibility index (Phi) is 3.94. The Balaban J connectivity index is 2.30. The Morgan fingerprint density at radius 1 is 0.895 bits per heavy atom. The second kappa shape index (κ2) is 5.48. The zero-order chi connectivity index (χ0) is 14.0. The molecule has 0 aromatic heterocycles. The molecule has 0 heterocycles. The molecule has 19 heavy (non-hydrogen) atoms. The SMILES string of the molecule is Cc1ccc(N(C)c2ccc(C(C)C)cc2)c(C)c1. The largest absolute Gasteiger partial charge is 0.344 e. The van der Waals surface area contributed by atoms with Crippen molar-refractivity contribution in [2.45, 2.75) is 33.6 Å². The second-order valence-corrected chi connectivity index (χ2v) is 5.60. The van der Waals surface area contributed by atoms with Crippen molar-refractivity contribution < 1.29 is 0 Å². The molecule has 2 rings (SSSR count). The summed E-state index contributed by atoms with van der Waals surface area (Å²) >= 11 is 0. The summed E-state index contributed by atoms with van der Waals surface area (Å²) in [5, 5.41) is 0. The summed E-state index contributed by atoms with van der Waals surface area (Å²) in [6.07, 6.45) is 0. The quantitative estimate of drug-likeness (QED) is 0.727. The Morgan fingerprint density at radius 2 is 1.53 bits per heavy atom. The molecule has 0 radical (unpaired) electrons. The fraction of sp³-hybridized carbons (Fsp3) is 0.333. The summed E-state index contributed by atoms with van der Waals surface area (Å²) in [4.78, 5) is 2.25. The van der Waals surface area contributed by atoms with E-state index in [1.54, 1.807) is 0 Å². The Morgan fingerprint density at radius 3 is 2.05 bits per heavy atom. The summed E-state index contributed by atoms with van der Waals surface area (Å²) < 4.78 is 0. The molecule has 0 amide bonds. The number of aryl methyl sites for hydroxylation is 2. The van der Waals surface area contributed by atoms with Gasteiger partial charge in [-0.25, -0.2) is 0 Å². The van der Waals surface area contributed by atoms with Crippen LogP contribution in [0.1, 0.15) is 36.5 Å². The molecule has 0 saturated carbocycles. The van der Waals surface area contributed by atoms with E-state index in [9.17, 15) is 0 Å². The summed E-state index contributed by atoms with van der Waals surface area (Å²) in [7, 11) is 2.13. The van der Waals surface area contributed by atoms with Gasteiger partial charge in [0.1, 0.15) is 0 Å². The van der Waals surface area contributed by atoms with Gasteiger partial charge < -0.3 is 4.90 Å². The van der Waals surface area contributed by atoms with E-state index in [0.29, 0.717) is 5.92 Å². The van der Waals surface area contributed by atoms with Gasteiger partial charge in [-0.3, -0.25) is 0 Å². The lowest BCUT2D eigenvalue weighted by Gasteiger charge is -2.22. The molecule has 1 nitrogen and oxygen atoms in total. The van der Waals surface area contributed by atoms with Crippen LogP contribution in [-0.4, -0.2) is 7.05 Å². The molecule has 0 aliphatic carbocycles. The number of rotatable bonds is 3. The highest BCUT2D eigenvalue weighted by Crippen LogP contribution is 2.28. The molecular weight excluding hydrogens is 230 g/mol. The van der Waals surface area contributed by atoms with Crippen LogP contribution in [-0.2, 0) is 0 Å². The van der Waals surface area contributed by atoms with Crippen molar-refractivity contribution in [2.24, 2.45) is 0 Å². The molecule has 0 aliphatic heterocycles. The highest BCUT2D eigenvalue weighted by atomic mass is 15.1. The van der Waals surface area contributed by atoms with Gasteiger partial charge in [0.15, 0.2) is 0 Å². The van der Waals surface area contributed by atoms with Gasteiger partial charge in [0.25, 0.3) is 0 Å². The average Bonchev–Trinajstić information content (AvgIpc) is 2.38. The van der Waals surface area contributed by atoms with Gasteiger partial charge in [-0.05, 0) is 49.1 Å². The number of hydrogen-bond acceptors (Lipinski definition) is 1. The van der Waals surface area contributed by atoms with Crippen LogP contribution < -0.4 is 4.90 Å². The molecule has 0 fully saturated rings. The summed E-state index contributed by atoms with van der Waals surface area (Å²) in [5.41, 5.74) is 6.51. The van der Waals surface area contributed by atoms with Crippen molar-refractivity contribution in [3.8, 4) is 0 Å². The minimum absolute atomic E-state index is 0.584. The van der Waals surface area contributed by atoms with Crippen LogP contribution in [0.15, 0.2) is 42.5 Å². The Labute approximate surface area is 116 Å². The monoisotopic (exact) mass is 253 g/mol. The third kappa shape index (κ3) is 2.98. The molecule has 0 atom stereocenters. The Bertz CT molecular complexity index is 552. The smallest absolute Gasteiger partial charge is 0.0437 e. The summed E-state index contributed by atoms with van der Waals surface area (Å²) in [6.45, 7) is 8.75. The molecule has 0 saturated heterocycles. The van der Waals surface area contributed by atoms with Crippen LogP contribution in [0.5, 0.6) is 0 Å². The van der Waals surface area contributed by atoms with Gasteiger partial charge in [0, 0.05) is 18.4 Å². The van der Waals surface area contributed by atoms with Crippen LogP contribution in [0, 0.1) is 13.8 Å². The minimum atomic E-state index is 0.584. The summed E-state index contributed by atoms with van der Waals surface area (Å²) in [6, 6.07) is 15.4. The van der Waals surface area contributed by atoms with Crippen molar-refractivity contribution in [2.75, 3.05) is 11.9 Å².